The second-order valence-corrected chi connectivity index (χ2v) is 10.6. The molecular weight excluding hydrogens is 483 g/mol. The fourth-order valence-electron chi connectivity index (χ4n) is 3.11. The van der Waals surface area contributed by atoms with Crippen molar-refractivity contribution < 1.29 is 17.9 Å². The second-order valence-electron chi connectivity index (χ2n) is 6.69. The molecule has 31 heavy (non-hydrogen) atoms. The lowest BCUT2D eigenvalue weighted by atomic mass is 10.3. The number of amides is 1. The van der Waals surface area contributed by atoms with E-state index in [0.29, 0.717) is 33.1 Å². The number of rotatable bonds is 6. The number of sulfonamides is 1. The van der Waals surface area contributed by atoms with Crippen LogP contribution < -0.4 is 4.74 Å². The van der Waals surface area contributed by atoms with Gasteiger partial charge in [-0.15, -0.1) is 11.3 Å². The minimum absolute atomic E-state index is 0.0557. The van der Waals surface area contributed by atoms with Gasteiger partial charge in [0, 0.05) is 32.4 Å². The lowest BCUT2D eigenvalue weighted by Crippen LogP contribution is -2.50. The number of carbonyl (C=O) groups excluding carboxylic acids is 1. The van der Waals surface area contributed by atoms with Crippen LogP contribution in [0.4, 0.5) is 0 Å². The molecule has 1 amide bonds. The molecule has 1 aliphatic rings. The fourth-order valence-corrected chi connectivity index (χ4v) is 6.02. The zero-order valence-electron chi connectivity index (χ0n) is 16.1. The molecule has 1 aliphatic heterocycles. The monoisotopic (exact) mass is 500 g/mol. The molecule has 3 heterocycles. The number of halogens is 2. The van der Waals surface area contributed by atoms with Crippen molar-refractivity contribution in [3.05, 3.63) is 63.7 Å². The molecule has 2 aromatic heterocycles. The summed E-state index contributed by atoms with van der Waals surface area (Å²) in [6, 6.07) is 9.96. The number of hydrogen-bond acceptors (Lipinski definition) is 6. The van der Waals surface area contributed by atoms with Crippen molar-refractivity contribution in [3.8, 4) is 5.75 Å². The largest absolute Gasteiger partial charge is 0.470 e. The van der Waals surface area contributed by atoms with Gasteiger partial charge in [-0.05, 0) is 29.6 Å². The summed E-state index contributed by atoms with van der Waals surface area (Å²) in [5, 5.41) is 6.68. The van der Waals surface area contributed by atoms with Gasteiger partial charge in [-0.3, -0.25) is 4.79 Å². The Bertz CT molecular complexity index is 1170. The average Bonchev–Trinajstić information content (AvgIpc) is 3.47. The number of benzene rings is 1. The fraction of sp³-hybridized carbons (Fsp3) is 0.263. The molecule has 0 saturated carbocycles. The van der Waals surface area contributed by atoms with Crippen LogP contribution in [-0.2, 0) is 16.8 Å². The van der Waals surface area contributed by atoms with Crippen molar-refractivity contribution in [2.45, 2.75) is 10.9 Å². The third kappa shape index (κ3) is 4.73. The van der Waals surface area contributed by atoms with Crippen LogP contribution in [0.2, 0.25) is 10.0 Å². The van der Waals surface area contributed by atoms with E-state index in [4.69, 9.17) is 27.9 Å². The Morgan fingerprint density at radius 2 is 1.87 bits per heavy atom. The van der Waals surface area contributed by atoms with Crippen LogP contribution in [0.3, 0.4) is 0 Å². The Balaban J connectivity index is 1.35. The Labute approximate surface area is 193 Å². The molecule has 0 atom stereocenters. The van der Waals surface area contributed by atoms with E-state index in [1.54, 1.807) is 52.9 Å². The highest BCUT2D eigenvalue weighted by molar-refractivity contribution is 7.91. The number of carbonyl (C=O) groups is 1. The molecule has 1 aromatic carbocycles. The van der Waals surface area contributed by atoms with Crippen molar-refractivity contribution in [2.75, 3.05) is 26.2 Å². The molecule has 164 valence electrons. The summed E-state index contributed by atoms with van der Waals surface area (Å²) in [5.74, 6) is 0.160. The molecule has 0 bridgehead atoms. The second kappa shape index (κ2) is 9.17. The minimum atomic E-state index is -3.51. The lowest BCUT2D eigenvalue weighted by molar-refractivity contribution is 0.0690. The van der Waals surface area contributed by atoms with Crippen LogP contribution in [0.25, 0.3) is 0 Å². The first-order valence-corrected chi connectivity index (χ1v) is 12.4. The predicted octanol–water partition coefficient (Wildman–Crippen LogP) is 3.43. The van der Waals surface area contributed by atoms with Crippen LogP contribution in [0.1, 0.15) is 10.5 Å². The molecule has 4 rings (SSSR count). The quantitative estimate of drug-likeness (QED) is 0.517. The summed E-state index contributed by atoms with van der Waals surface area (Å²) < 4.78 is 34.0. The molecular formula is C19H18Cl2N4O4S2. The van der Waals surface area contributed by atoms with E-state index in [1.165, 1.54) is 20.3 Å². The molecule has 1 fully saturated rings. The van der Waals surface area contributed by atoms with Crippen molar-refractivity contribution in [2.24, 2.45) is 0 Å². The predicted molar refractivity (Wildman–Crippen MR) is 118 cm³/mol. The molecule has 0 spiro atoms. The molecule has 8 nitrogen and oxygen atoms in total. The Morgan fingerprint density at radius 3 is 2.58 bits per heavy atom. The zero-order valence-corrected chi connectivity index (χ0v) is 19.3. The first kappa shape index (κ1) is 22.1. The van der Waals surface area contributed by atoms with Gasteiger partial charge in [0.15, 0.2) is 12.4 Å². The van der Waals surface area contributed by atoms with Gasteiger partial charge in [-0.25, -0.2) is 13.1 Å². The van der Waals surface area contributed by atoms with Gasteiger partial charge in [0.05, 0.1) is 5.02 Å². The molecule has 3 aromatic rings. The highest BCUT2D eigenvalue weighted by atomic mass is 35.5. The number of thiophene rings is 1. The zero-order chi connectivity index (χ0) is 22.0. The molecule has 12 heteroatoms. The van der Waals surface area contributed by atoms with Gasteiger partial charge in [-0.1, -0.05) is 35.3 Å². The Morgan fingerprint density at radius 1 is 1.10 bits per heavy atom. The summed E-state index contributed by atoms with van der Waals surface area (Å²) >= 11 is 13.3. The standard InChI is InChI=1S/C19H18Cl2N4O4S2/c20-14-3-1-4-16(18(14)21)29-13-24-7-6-15(22-24)19(26)23-8-10-25(11-9-23)31(27,28)17-5-2-12-30-17/h1-7,12H,8-11,13H2. The molecule has 1 saturated heterocycles. The Kier molecular flexibility index (Phi) is 6.54. The van der Waals surface area contributed by atoms with Crippen LogP contribution in [0.5, 0.6) is 5.75 Å². The van der Waals surface area contributed by atoms with E-state index in [2.05, 4.69) is 5.10 Å². The van der Waals surface area contributed by atoms with Crippen LogP contribution in [0, 0.1) is 0 Å². The number of nitrogens with zero attached hydrogens (tertiary/aromatic N) is 4. The first-order chi connectivity index (χ1) is 14.9. The van der Waals surface area contributed by atoms with E-state index >= 15 is 0 Å². The topological polar surface area (TPSA) is 84.7 Å². The highest BCUT2D eigenvalue weighted by Crippen LogP contribution is 2.31. The van der Waals surface area contributed by atoms with Crippen LogP contribution in [-0.4, -0.2) is 59.5 Å². The highest BCUT2D eigenvalue weighted by Gasteiger charge is 2.31. The average molecular weight is 501 g/mol. The number of ether oxygens (including phenoxy) is 1. The van der Waals surface area contributed by atoms with Gasteiger partial charge in [0.25, 0.3) is 15.9 Å². The third-order valence-corrected chi connectivity index (χ3v) is 8.82. The summed E-state index contributed by atoms with van der Waals surface area (Å²) in [6.07, 6.45) is 1.63. The SMILES string of the molecule is O=C(c1ccn(COc2cccc(Cl)c2Cl)n1)N1CCN(S(=O)(=O)c2cccs2)CC1. The molecule has 0 unspecified atom stereocenters. The first-order valence-electron chi connectivity index (χ1n) is 9.29. The van der Waals surface area contributed by atoms with Gasteiger partial charge < -0.3 is 9.64 Å². The van der Waals surface area contributed by atoms with Gasteiger partial charge in [0.1, 0.15) is 15.0 Å². The normalized spacial score (nSPS) is 15.2. The smallest absolute Gasteiger partial charge is 0.274 e. The van der Waals surface area contributed by atoms with Gasteiger partial charge in [0.2, 0.25) is 0 Å². The van der Waals surface area contributed by atoms with Crippen molar-refractivity contribution in [1.29, 1.82) is 0 Å². The Hall–Kier alpha value is -2.11. The summed E-state index contributed by atoms with van der Waals surface area (Å²) in [5.41, 5.74) is 0.260. The van der Waals surface area contributed by atoms with Gasteiger partial charge >= 0.3 is 0 Å². The molecule has 0 radical (unpaired) electrons. The number of hydrogen-bond donors (Lipinski definition) is 0. The maximum Gasteiger partial charge on any atom is 0.274 e. The maximum atomic E-state index is 12.8. The van der Waals surface area contributed by atoms with E-state index in [9.17, 15) is 13.2 Å². The van der Waals surface area contributed by atoms with E-state index in [1.807, 2.05) is 0 Å². The summed E-state index contributed by atoms with van der Waals surface area (Å²) in [7, 11) is -3.51. The van der Waals surface area contributed by atoms with Crippen LogP contribution in [0.15, 0.2) is 52.2 Å². The summed E-state index contributed by atoms with van der Waals surface area (Å²) in [6.45, 7) is 1.13. The number of piperazine rings is 1. The molecule has 0 N–H and O–H groups in total. The van der Waals surface area contributed by atoms with Crippen molar-refractivity contribution in [1.82, 2.24) is 19.0 Å². The lowest BCUT2D eigenvalue weighted by Gasteiger charge is -2.33. The third-order valence-electron chi connectivity index (χ3n) is 4.74. The minimum Gasteiger partial charge on any atom is -0.470 e. The molecule has 0 aliphatic carbocycles. The van der Waals surface area contributed by atoms with Crippen molar-refractivity contribution >= 4 is 50.5 Å². The van der Waals surface area contributed by atoms with Gasteiger partial charge in [-0.2, -0.15) is 9.40 Å². The number of aromatic nitrogens is 2. The van der Waals surface area contributed by atoms with E-state index in [0.717, 1.165) is 0 Å². The summed E-state index contributed by atoms with van der Waals surface area (Å²) in [4.78, 5) is 14.4. The van der Waals surface area contributed by atoms with Crippen LogP contribution >= 0.6 is 34.5 Å². The van der Waals surface area contributed by atoms with E-state index < -0.39 is 10.0 Å². The van der Waals surface area contributed by atoms with Crippen molar-refractivity contribution in [3.63, 3.8) is 0 Å². The maximum absolute atomic E-state index is 12.8. The van der Waals surface area contributed by atoms with E-state index in [-0.39, 0.29) is 31.4 Å².